The van der Waals surface area contributed by atoms with Gasteiger partial charge in [0.15, 0.2) is 0 Å². The van der Waals surface area contributed by atoms with Crippen LogP contribution in [0.25, 0.3) is 0 Å². The molecule has 1 atom stereocenters. The van der Waals surface area contributed by atoms with Crippen molar-refractivity contribution in [2.45, 2.75) is 32.4 Å². The Morgan fingerprint density at radius 1 is 1.44 bits per heavy atom. The highest BCUT2D eigenvalue weighted by molar-refractivity contribution is 5.67. The van der Waals surface area contributed by atoms with Gasteiger partial charge in [-0.2, -0.15) is 0 Å². The number of aliphatic hydroxyl groups is 1. The van der Waals surface area contributed by atoms with Crippen molar-refractivity contribution in [2.24, 2.45) is 5.41 Å². The highest BCUT2D eigenvalue weighted by atomic mass is 16.5. The molecule has 0 spiro atoms. The summed E-state index contributed by atoms with van der Waals surface area (Å²) in [5.74, 6) is 0. The van der Waals surface area contributed by atoms with Gasteiger partial charge in [-0.15, -0.1) is 0 Å². The fraction of sp³-hybridized carbons (Fsp3) is 0.500. The Hall–Kier alpha value is -1.55. The number of hydrogen-bond acceptors (Lipinski definition) is 3. The fourth-order valence-corrected chi connectivity index (χ4v) is 1.98. The van der Waals surface area contributed by atoms with Gasteiger partial charge in [-0.25, -0.2) is 4.79 Å². The molecule has 1 fully saturated rings. The molecule has 4 heteroatoms. The first-order chi connectivity index (χ1) is 8.66. The van der Waals surface area contributed by atoms with Gasteiger partial charge in [0.1, 0.15) is 6.61 Å². The van der Waals surface area contributed by atoms with E-state index in [9.17, 15) is 9.90 Å². The topological polar surface area (TPSA) is 58.6 Å². The normalized spacial score (nSPS) is 17.9. The summed E-state index contributed by atoms with van der Waals surface area (Å²) < 4.78 is 5.13. The van der Waals surface area contributed by atoms with Crippen molar-refractivity contribution in [1.29, 1.82) is 0 Å². The monoisotopic (exact) mass is 249 g/mol. The van der Waals surface area contributed by atoms with Crippen LogP contribution in [-0.2, 0) is 11.3 Å². The number of hydrogen-bond donors (Lipinski definition) is 2. The van der Waals surface area contributed by atoms with Crippen LogP contribution in [0.4, 0.5) is 4.79 Å². The third-order valence-electron chi connectivity index (χ3n) is 3.67. The summed E-state index contributed by atoms with van der Waals surface area (Å²) in [5, 5.41) is 12.0. The zero-order valence-electron chi connectivity index (χ0n) is 10.6. The molecule has 0 aliphatic heterocycles. The van der Waals surface area contributed by atoms with Gasteiger partial charge in [0.05, 0.1) is 6.61 Å². The smallest absolute Gasteiger partial charge is 0.407 e. The Balaban J connectivity index is 1.76. The van der Waals surface area contributed by atoms with Crippen molar-refractivity contribution in [3.8, 4) is 0 Å². The van der Waals surface area contributed by atoms with Crippen LogP contribution >= 0.6 is 0 Å². The van der Waals surface area contributed by atoms with Crippen molar-refractivity contribution >= 4 is 6.09 Å². The van der Waals surface area contributed by atoms with E-state index >= 15 is 0 Å². The van der Waals surface area contributed by atoms with Crippen LogP contribution in [0.1, 0.15) is 25.3 Å². The molecule has 4 nitrogen and oxygen atoms in total. The van der Waals surface area contributed by atoms with Gasteiger partial charge in [-0.05, 0) is 25.3 Å². The predicted molar refractivity (Wildman–Crippen MR) is 68.0 cm³/mol. The molecule has 1 unspecified atom stereocenters. The van der Waals surface area contributed by atoms with Crippen molar-refractivity contribution < 1.29 is 14.6 Å². The number of carbonyl (C=O) groups excluding carboxylic acids is 1. The molecule has 2 rings (SSSR count). The van der Waals surface area contributed by atoms with Gasteiger partial charge in [0.2, 0.25) is 0 Å². The minimum atomic E-state index is -0.425. The van der Waals surface area contributed by atoms with Gasteiger partial charge in [-0.1, -0.05) is 30.3 Å². The minimum Gasteiger partial charge on any atom is -0.445 e. The van der Waals surface area contributed by atoms with E-state index in [4.69, 9.17) is 4.74 Å². The predicted octanol–water partition coefficient (Wildman–Crippen LogP) is 2.07. The minimum absolute atomic E-state index is 0.0502. The van der Waals surface area contributed by atoms with Crippen molar-refractivity contribution in [3.63, 3.8) is 0 Å². The third kappa shape index (κ3) is 3.01. The first-order valence-corrected chi connectivity index (χ1v) is 6.24. The van der Waals surface area contributed by atoms with E-state index in [1.807, 2.05) is 37.3 Å². The highest BCUT2D eigenvalue weighted by Gasteiger charge is 2.47. The molecule has 1 saturated carbocycles. The quantitative estimate of drug-likeness (QED) is 0.840. The first kappa shape index (κ1) is 12.9. The molecule has 0 saturated heterocycles. The number of aliphatic hydroxyl groups excluding tert-OH is 1. The maximum Gasteiger partial charge on any atom is 0.407 e. The molecule has 0 radical (unpaired) electrons. The summed E-state index contributed by atoms with van der Waals surface area (Å²) in [6.45, 7) is 2.30. The SMILES string of the molecule is CC(NC(=O)OCc1ccccc1)C1(CO)CC1. The fourth-order valence-electron chi connectivity index (χ4n) is 1.98. The Bertz CT molecular complexity index is 401. The molecule has 1 aromatic carbocycles. The molecular weight excluding hydrogens is 230 g/mol. The lowest BCUT2D eigenvalue weighted by Gasteiger charge is -2.21. The van der Waals surface area contributed by atoms with Gasteiger partial charge in [0, 0.05) is 11.5 Å². The van der Waals surface area contributed by atoms with E-state index in [-0.39, 0.29) is 24.7 Å². The molecule has 1 aliphatic rings. The first-order valence-electron chi connectivity index (χ1n) is 6.24. The van der Waals surface area contributed by atoms with Crippen molar-refractivity contribution in [3.05, 3.63) is 35.9 Å². The van der Waals surface area contributed by atoms with E-state index in [1.165, 1.54) is 0 Å². The van der Waals surface area contributed by atoms with Gasteiger partial charge in [0.25, 0.3) is 0 Å². The number of nitrogens with one attached hydrogen (secondary N) is 1. The summed E-state index contributed by atoms with van der Waals surface area (Å²) in [6.07, 6.45) is 1.50. The van der Waals surface area contributed by atoms with E-state index in [0.717, 1.165) is 18.4 Å². The summed E-state index contributed by atoms with van der Waals surface area (Å²) in [6, 6.07) is 9.50. The lowest BCUT2D eigenvalue weighted by Crippen LogP contribution is -2.41. The number of ether oxygens (including phenoxy) is 1. The van der Waals surface area contributed by atoms with Crippen LogP contribution in [0.2, 0.25) is 0 Å². The van der Waals surface area contributed by atoms with E-state index in [2.05, 4.69) is 5.32 Å². The second-order valence-electron chi connectivity index (χ2n) is 4.95. The van der Waals surface area contributed by atoms with Crippen LogP contribution in [0.5, 0.6) is 0 Å². The summed E-state index contributed by atoms with van der Waals surface area (Å²) in [5.41, 5.74) is 0.842. The average molecular weight is 249 g/mol. The van der Waals surface area contributed by atoms with Crippen LogP contribution < -0.4 is 5.32 Å². The largest absolute Gasteiger partial charge is 0.445 e. The lowest BCUT2D eigenvalue weighted by molar-refractivity contribution is 0.122. The molecule has 1 amide bonds. The average Bonchev–Trinajstić information content (AvgIpc) is 3.18. The lowest BCUT2D eigenvalue weighted by atomic mass is 10.00. The number of benzene rings is 1. The molecule has 98 valence electrons. The van der Waals surface area contributed by atoms with E-state index in [1.54, 1.807) is 0 Å². The Kier molecular flexibility index (Phi) is 3.87. The molecule has 18 heavy (non-hydrogen) atoms. The number of carbonyl (C=O) groups is 1. The summed E-state index contributed by atoms with van der Waals surface area (Å²) in [4.78, 5) is 11.6. The van der Waals surface area contributed by atoms with Crippen LogP contribution in [0, 0.1) is 5.41 Å². The molecule has 2 N–H and O–H groups in total. The van der Waals surface area contributed by atoms with E-state index in [0.29, 0.717) is 0 Å². The van der Waals surface area contributed by atoms with Crippen LogP contribution in [0.15, 0.2) is 30.3 Å². The molecule has 0 heterocycles. The molecule has 0 aromatic heterocycles. The van der Waals surface area contributed by atoms with E-state index < -0.39 is 6.09 Å². The second-order valence-corrected chi connectivity index (χ2v) is 4.95. The Labute approximate surface area is 107 Å². The third-order valence-corrected chi connectivity index (χ3v) is 3.67. The Morgan fingerprint density at radius 3 is 2.67 bits per heavy atom. The number of rotatable bonds is 5. The Morgan fingerprint density at radius 2 is 2.11 bits per heavy atom. The van der Waals surface area contributed by atoms with Crippen molar-refractivity contribution in [1.82, 2.24) is 5.32 Å². The maximum absolute atomic E-state index is 11.6. The molecular formula is C14H19NO3. The highest BCUT2D eigenvalue weighted by Crippen LogP contribution is 2.48. The van der Waals surface area contributed by atoms with Crippen LogP contribution in [-0.4, -0.2) is 23.8 Å². The number of alkyl carbamates (subject to hydrolysis) is 1. The van der Waals surface area contributed by atoms with Gasteiger partial charge >= 0.3 is 6.09 Å². The molecule has 1 aromatic rings. The molecule has 1 aliphatic carbocycles. The second kappa shape index (κ2) is 5.40. The zero-order valence-corrected chi connectivity index (χ0v) is 10.6. The van der Waals surface area contributed by atoms with Crippen LogP contribution in [0.3, 0.4) is 0 Å². The summed E-state index contributed by atoms with van der Waals surface area (Å²) in [7, 11) is 0. The van der Waals surface area contributed by atoms with Crippen molar-refractivity contribution in [2.75, 3.05) is 6.61 Å². The standard InChI is InChI=1S/C14H19NO3/c1-11(14(10-16)7-8-14)15-13(17)18-9-12-5-3-2-4-6-12/h2-6,11,16H,7-10H2,1H3,(H,15,17). The molecule has 0 bridgehead atoms. The zero-order chi connectivity index (χ0) is 13.0. The maximum atomic E-state index is 11.6. The summed E-state index contributed by atoms with van der Waals surface area (Å²) >= 11 is 0. The van der Waals surface area contributed by atoms with Gasteiger partial charge < -0.3 is 15.2 Å². The van der Waals surface area contributed by atoms with Gasteiger partial charge in [-0.3, -0.25) is 0 Å². The number of amides is 1.